The van der Waals surface area contributed by atoms with Crippen LogP contribution in [-0.2, 0) is 6.54 Å². The van der Waals surface area contributed by atoms with Crippen LogP contribution >= 0.6 is 15.9 Å². The van der Waals surface area contributed by atoms with E-state index in [4.69, 9.17) is 9.47 Å². The first-order valence-electron chi connectivity index (χ1n) is 6.95. The third kappa shape index (κ3) is 3.34. The Kier molecular flexibility index (Phi) is 4.57. The lowest BCUT2D eigenvalue weighted by molar-refractivity contribution is 0.395. The van der Waals surface area contributed by atoms with Crippen molar-refractivity contribution in [2.24, 2.45) is 0 Å². The molecule has 0 aliphatic heterocycles. The molecule has 0 saturated heterocycles. The summed E-state index contributed by atoms with van der Waals surface area (Å²) in [6, 6.07) is 13.4. The van der Waals surface area contributed by atoms with Gasteiger partial charge in [-0.25, -0.2) is 0 Å². The molecule has 0 unspecified atom stereocenters. The van der Waals surface area contributed by atoms with Crippen molar-refractivity contribution in [3.05, 3.63) is 52.5 Å². The molecule has 0 radical (unpaired) electrons. The summed E-state index contributed by atoms with van der Waals surface area (Å²) in [6.45, 7) is 0.442. The van der Waals surface area contributed by atoms with Crippen LogP contribution in [-0.4, -0.2) is 34.4 Å². The minimum Gasteiger partial charge on any atom is -0.497 e. The highest BCUT2D eigenvalue weighted by Gasteiger charge is 2.11. The molecule has 0 aliphatic rings. The number of hydrogen-bond acceptors (Lipinski definition) is 5. The maximum absolute atomic E-state index is 5.38. The Morgan fingerprint density at radius 1 is 1.09 bits per heavy atom. The summed E-state index contributed by atoms with van der Waals surface area (Å²) in [5.41, 5.74) is 1.82. The monoisotopic (exact) mass is 374 g/mol. The number of benzene rings is 2. The molecule has 0 bridgehead atoms. The van der Waals surface area contributed by atoms with E-state index in [2.05, 4.69) is 31.3 Å². The van der Waals surface area contributed by atoms with Gasteiger partial charge < -0.3 is 9.47 Å². The molecule has 2 aromatic carbocycles. The number of hydrogen-bond donors (Lipinski definition) is 0. The van der Waals surface area contributed by atoms with E-state index in [9.17, 15) is 0 Å². The van der Waals surface area contributed by atoms with Crippen LogP contribution < -0.4 is 9.47 Å². The van der Waals surface area contributed by atoms with Crippen molar-refractivity contribution < 1.29 is 9.47 Å². The molecule has 0 N–H and O–H groups in total. The normalized spacial score (nSPS) is 10.6. The van der Waals surface area contributed by atoms with E-state index < -0.39 is 0 Å². The smallest absolute Gasteiger partial charge is 0.206 e. The molecule has 0 amide bonds. The summed E-state index contributed by atoms with van der Waals surface area (Å²) in [7, 11) is 3.26. The van der Waals surface area contributed by atoms with E-state index in [0.29, 0.717) is 12.4 Å². The number of halogens is 1. The second kappa shape index (κ2) is 6.78. The number of ether oxygens (including phenoxy) is 2. The highest BCUT2D eigenvalue weighted by atomic mass is 79.9. The quantitative estimate of drug-likeness (QED) is 0.686. The van der Waals surface area contributed by atoms with Crippen molar-refractivity contribution in [3.63, 3.8) is 0 Å². The lowest BCUT2D eigenvalue weighted by Crippen LogP contribution is -2.06. The minimum absolute atomic E-state index is 0.442. The number of nitrogens with zero attached hydrogens (tertiary/aromatic N) is 4. The Bertz CT molecular complexity index is 819. The average molecular weight is 375 g/mol. The molecule has 23 heavy (non-hydrogen) atoms. The maximum atomic E-state index is 5.38. The van der Waals surface area contributed by atoms with Gasteiger partial charge in [0, 0.05) is 15.6 Å². The third-order valence-corrected chi connectivity index (χ3v) is 4.06. The molecule has 118 valence electrons. The van der Waals surface area contributed by atoms with Crippen molar-refractivity contribution in [2.45, 2.75) is 6.54 Å². The van der Waals surface area contributed by atoms with Crippen LogP contribution in [0.1, 0.15) is 5.56 Å². The van der Waals surface area contributed by atoms with E-state index in [1.807, 2.05) is 42.5 Å². The molecule has 7 heteroatoms. The Morgan fingerprint density at radius 3 is 2.65 bits per heavy atom. The van der Waals surface area contributed by atoms with E-state index >= 15 is 0 Å². The Labute approximate surface area is 142 Å². The van der Waals surface area contributed by atoms with Crippen molar-refractivity contribution in [3.8, 4) is 22.9 Å². The minimum atomic E-state index is 0.442. The van der Waals surface area contributed by atoms with Crippen LogP contribution in [0.25, 0.3) is 11.4 Å². The first-order chi connectivity index (χ1) is 11.2. The maximum Gasteiger partial charge on any atom is 0.206 e. The summed E-state index contributed by atoms with van der Waals surface area (Å²) < 4.78 is 11.6. The topological polar surface area (TPSA) is 62.1 Å². The van der Waals surface area contributed by atoms with Crippen molar-refractivity contribution in [2.75, 3.05) is 14.2 Å². The van der Waals surface area contributed by atoms with Crippen molar-refractivity contribution >= 4 is 15.9 Å². The molecule has 6 nitrogen and oxygen atoms in total. The molecule has 0 saturated carbocycles. The predicted octanol–water partition coefficient (Wildman–Crippen LogP) is 3.17. The summed E-state index contributed by atoms with van der Waals surface area (Å²) >= 11 is 3.50. The highest BCUT2D eigenvalue weighted by Crippen LogP contribution is 2.26. The zero-order valence-corrected chi connectivity index (χ0v) is 14.3. The van der Waals surface area contributed by atoms with Gasteiger partial charge in [-0.15, -0.1) is 10.2 Å². The third-order valence-electron chi connectivity index (χ3n) is 3.37. The molecule has 3 rings (SSSR count). The number of methoxy groups -OCH3 is 2. The Balaban J connectivity index is 1.89. The van der Waals surface area contributed by atoms with Gasteiger partial charge in [0.15, 0.2) is 0 Å². The van der Waals surface area contributed by atoms with Gasteiger partial charge in [0.05, 0.1) is 20.8 Å². The lowest BCUT2D eigenvalue weighted by Gasteiger charge is -2.09. The molecular formula is C16H15BrN4O2. The molecule has 1 aromatic heterocycles. The fourth-order valence-electron chi connectivity index (χ4n) is 2.22. The number of tetrazole rings is 1. The van der Waals surface area contributed by atoms with Crippen LogP contribution in [0.5, 0.6) is 11.5 Å². The van der Waals surface area contributed by atoms with Crippen molar-refractivity contribution in [1.82, 2.24) is 20.2 Å². The number of rotatable bonds is 5. The summed E-state index contributed by atoms with van der Waals surface area (Å²) in [5, 5.41) is 12.7. The molecule has 3 aromatic rings. The van der Waals surface area contributed by atoms with Gasteiger partial charge in [-0.05, 0) is 35.5 Å². The van der Waals surface area contributed by atoms with Crippen molar-refractivity contribution in [1.29, 1.82) is 0 Å². The summed E-state index contributed by atoms with van der Waals surface area (Å²) in [4.78, 5) is 1.53. The van der Waals surface area contributed by atoms with Gasteiger partial charge >= 0.3 is 0 Å². The molecule has 1 heterocycles. The van der Waals surface area contributed by atoms with E-state index in [0.717, 1.165) is 27.1 Å². The zero-order chi connectivity index (χ0) is 16.2. The predicted molar refractivity (Wildman–Crippen MR) is 89.6 cm³/mol. The zero-order valence-electron chi connectivity index (χ0n) is 12.7. The molecule has 0 spiro atoms. The Hall–Kier alpha value is -2.41. The summed E-state index contributed by atoms with van der Waals surface area (Å²) in [6.07, 6.45) is 0. The first kappa shape index (κ1) is 15.5. The molecule has 0 fully saturated rings. The Morgan fingerprint density at radius 2 is 1.91 bits per heavy atom. The van der Waals surface area contributed by atoms with Gasteiger partial charge in [0.2, 0.25) is 5.82 Å². The van der Waals surface area contributed by atoms with Gasteiger partial charge in [-0.1, -0.05) is 28.1 Å². The SMILES string of the molecule is COc1ccc(OC)c(Cn2nnc(-c3ccccc3Br)n2)c1. The van der Waals surface area contributed by atoms with Crippen LogP contribution in [0.4, 0.5) is 0 Å². The summed E-state index contributed by atoms with van der Waals surface area (Å²) in [5.74, 6) is 2.08. The largest absolute Gasteiger partial charge is 0.497 e. The fourth-order valence-corrected chi connectivity index (χ4v) is 2.68. The van der Waals surface area contributed by atoms with E-state index in [-0.39, 0.29) is 0 Å². The van der Waals surface area contributed by atoms with Gasteiger partial charge in [-0.2, -0.15) is 4.80 Å². The van der Waals surface area contributed by atoms with E-state index in [1.54, 1.807) is 14.2 Å². The van der Waals surface area contributed by atoms with Gasteiger partial charge in [0.1, 0.15) is 11.5 Å². The fraction of sp³-hybridized carbons (Fsp3) is 0.188. The second-order valence-electron chi connectivity index (χ2n) is 4.80. The van der Waals surface area contributed by atoms with Crippen LogP contribution in [0.15, 0.2) is 46.9 Å². The van der Waals surface area contributed by atoms with Gasteiger partial charge in [-0.3, -0.25) is 0 Å². The average Bonchev–Trinajstić information content (AvgIpc) is 3.03. The number of aromatic nitrogens is 4. The first-order valence-corrected chi connectivity index (χ1v) is 7.74. The standard InChI is InChI=1S/C16H15BrN4O2/c1-22-12-7-8-15(23-2)11(9-12)10-21-19-16(18-20-21)13-5-3-4-6-14(13)17/h3-9H,10H2,1-2H3. The van der Waals surface area contributed by atoms with Crippen LogP contribution in [0, 0.1) is 0 Å². The lowest BCUT2D eigenvalue weighted by atomic mass is 10.2. The van der Waals surface area contributed by atoms with Crippen LogP contribution in [0.3, 0.4) is 0 Å². The van der Waals surface area contributed by atoms with Gasteiger partial charge in [0.25, 0.3) is 0 Å². The second-order valence-corrected chi connectivity index (χ2v) is 5.66. The highest BCUT2D eigenvalue weighted by molar-refractivity contribution is 9.10. The molecular weight excluding hydrogens is 360 g/mol. The molecule has 0 atom stereocenters. The molecule has 0 aliphatic carbocycles. The van der Waals surface area contributed by atoms with Crippen LogP contribution in [0.2, 0.25) is 0 Å². The van der Waals surface area contributed by atoms with E-state index in [1.165, 1.54) is 4.80 Å².